The Balaban J connectivity index is 5.14. The number of hydrogen-bond donors (Lipinski definition) is 0. The van der Waals surface area contributed by atoms with Crippen LogP contribution in [0.5, 0.6) is 0 Å². The lowest BCUT2D eigenvalue weighted by Gasteiger charge is -2.06. The van der Waals surface area contributed by atoms with Gasteiger partial charge < -0.3 is 4.74 Å². The summed E-state index contributed by atoms with van der Waals surface area (Å²) in [4.78, 5) is 0. The summed E-state index contributed by atoms with van der Waals surface area (Å²) in [5.74, 6) is 1.66. The van der Waals surface area contributed by atoms with Crippen LogP contribution >= 0.6 is 0 Å². The van der Waals surface area contributed by atoms with E-state index in [-0.39, 0.29) is 0 Å². The van der Waals surface area contributed by atoms with Gasteiger partial charge in [-0.2, -0.15) is 0 Å². The molecule has 1 heteroatoms. The molecule has 0 saturated heterocycles. The first-order valence-corrected chi connectivity index (χ1v) is 12.3. The highest BCUT2D eigenvalue weighted by atomic mass is 16.5. The normalized spacial score (nSPS) is 14.1. The van der Waals surface area contributed by atoms with Gasteiger partial charge in [0.05, 0.1) is 0 Å². The molecule has 0 N–H and O–H groups in total. The molecule has 0 rings (SSSR count). The zero-order valence-corrected chi connectivity index (χ0v) is 20.6. The molecule has 0 radical (unpaired) electrons. The van der Waals surface area contributed by atoms with Crippen LogP contribution in [0.3, 0.4) is 0 Å². The monoisotopic (exact) mass is 422 g/mol. The Morgan fingerprint density at radius 3 is 1.39 bits per heavy atom. The van der Waals surface area contributed by atoms with Crippen LogP contribution in [0.2, 0.25) is 0 Å². The molecule has 0 unspecified atom stereocenters. The van der Waals surface area contributed by atoms with Gasteiger partial charge in [0, 0.05) is 0 Å². The van der Waals surface area contributed by atoms with Crippen LogP contribution in [-0.4, -0.2) is 0 Å². The predicted octanol–water partition coefficient (Wildman–Crippen LogP) is 10.1. The van der Waals surface area contributed by atoms with Gasteiger partial charge >= 0.3 is 0 Å². The van der Waals surface area contributed by atoms with E-state index in [0.717, 1.165) is 24.4 Å². The van der Waals surface area contributed by atoms with E-state index in [9.17, 15) is 0 Å². The molecule has 0 spiro atoms. The number of unbranched alkanes of at least 4 members (excludes halogenated alkanes) is 8. The molecule has 31 heavy (non-hydrogen) atoms. The largest absolute Gasteiger partial charge is 0.457 e. The van der Waals surface area contributed by atoms with E-state index in [1.54, 1.807) is 0 Å². The van der Waals surface area contributed by atoms with Crippen LogP contribution in [0.15, 0.2) is 96.6 Å². The summed E-state index contributed by atoms with van der Waals surface area (Å²) in [6.07, 6.45) is 41.4. The topological polar surface area (TPSA) is 9.23 Å². The summed E-state index contributed by atoms with van der Waals surface area (Å²) in [7, 11) is 0. The van der Waals surface area contributed by atoms with E-state index in [2.05, 4.69) is 38.2 Å². The number of allylic oxidation sites excluding steroid dienone is 14. The van der Waals surface area contributed by atoms with E-state index in [1.165, 1.54) is 51.4 Å². The molecule has 0 aromatic carbocycles. The van der Waals surface area contributed by atoms with Gasteiger partial charge in [0.1, 0.15) is 11.5 Å². The summed E-state index contributed by atoms with van der Waals surface area (Å²) >= 11 is 0. The Hall–Kier alpha value is -2.28. The van der Waals surface area contributed by atoms with Crippen molar-refractivity contribution in [2.75, 3.05) is 0 Å². The highest BCUT2D eigenvalue weighted by Crippen LogP contribution is 2.12. The van der Waals surface area contributed by atoms with Crippen LogP contribution in [0.1, 0.15) is 91.9 Å². The fraction of sp³-hybridized carbons (Fsp3) is 0.467. The predicted molar refractivity (Wildman–Crippen MR) is 141 cm³/mol. The second-order valence-corrected chi connectivity index (χ2v) is 7.56. The van der Waals surface area contributed by atoms with Crippen LogP contribution in [0.25, 0.3) is 0 Å². The molecule has 0 aliphatic carbocycles. The Kier molecular flexibility index (Phi) is 22.2. The molecule has 0 aromatic rings. The van der Waals surface area contributed by atoms with Crippen molar-refractivity contribution >= 4 is 0 Å². The van der Waals surface area contributed by atoms with Crippen LogP contribution in [0, 0.1) is 0 Å². The van der Waals surface area contributed by atoms with Gasteiger partial charge in [0.25, 0.3) is 0 Å². The first kappa shape index (κ1) is 28.7. The van der Waals surface area contributed by atoms with E-state index < -0.39 is 0 Å². The van der Waals surface area contributed by atoms with Crippen LogP contribution in [0.4, 0.5) is 0 Å². The molecule has 0 aliphatic heterocycles. The molecule has 0 bridgehead atoms. The molecule has 0 saturated carbocycles. The quantitative estimate of drug-likeness (QED) is 0.121. The maximum atomic E-state index is 6.21. The Morgan fingerprint density at radius 1 is 0.548 bits per heavy atom. The van der Waals surface area contributed by atoms with E-state index >= 15 is 0 Å². The van der Waals surface area contributed by atoms with Crippen LogP contribution < -0.4 is 0 Å². The number of rotatable bonds is 18. The summed E-state index contributed by atoms with van der Waals surface area (Å²) in [6.45, 7) is 8.52. The highest BCUT2D eigenvalue weighted by molar-refractivity contribution is 5.28. The third-order valence-electron chi connectivity index (χ3n) is 4.61. The zero-order valence-electron chi connectivity index (χ0n) is 20.6. The molecule has 0 amide bonds. The Labute approximate surface area is 193 Å². The van der Waals surface area contributed by atoms with Gasteiger partial charge in [-0.25, -0.2) is 0 Å². The zero-order chi connectivity index (χ0) is 22.8. The Bertz CT molecular complexity index is 579. The summed E-state index contributed by atoms with van der Waals surface area (Å²) < 4.78 is 6.21. The SMILES string of the molecule is CC=CC=CC(=CC=CCCCCCC)OC(C=CC=CC)=CC=CCCCCCC. The average Bonchev–Trinajstić information content (AvgIpc) is 2.77. The van der Waals surface area contributed by atoms with Crippen molar-refractivity contribution in [3.63, 3.8) is 0 Å². The number of hydrogen-bond acceptors (Lipinski definition) is 1. The lowest BCUT2D eigenvalue weighted by atomic mass is 10.1. The van der Waals surface area contributed by atoms with Crippen molar-refractivity contribution in [3.05, 3.63) is 96.6 Å². The maximum Gasteiger partial charge on any atom is 0.127 e. The lowest BCUT2D eigenvalue weighted by Crippen LogP contribution is -1.88. The minimum atomic E-state index is 0.829. The van der Waals surface area contributed by atoms with E-state index in [0.29, 0.717) is 0 Å². The molecule has 0 fully saturated rings. The van der Waals surface area contributed by atoms with Crippen molar-refractivity contribution in [3.8, 4) is 0 Å². The maximum absolute atomic E-state index is 6.21. The molecule has 0 heterocycles. The molecule has 0 atom stereocenters. The van der Waals surface area contributed by atoms with E-state index in [1.807, 2.05) is 74.6 Å². The third kappa shape index (κ3) is 20.8. The van der Waals surface area contributed by atoms with Gasteiger partial charge in [0.15, 0.2) is 0 Å². The van der Waals surface area contributed by atoms with Crippen LogP contribution in [-0.2, 0) is 4.74 Å². The minimum absolute atomic E-state index is 0.829. The molecule has 0 aliphatic rings. The van der Waals surface area contributed by atoms with Gasteiger partial charge in [0.2, 0.25) is 0 Å². The fourth-order valence-electron chi connectivity index (χ4n) is 2.80. The van der Waals surface area contributed by atoms with Crippen molar-refractivity contribution in [1.29, 1.82) is 0 Å². The third-order valence-corrected chi connectivity index (χ3v) is 4.61. The van der Waals surface area contributed by atoms with Crippen molar-refractivity contribution < 1.29 is 4.74 Å². The summed E-state index contributed by atoms with van der Waals surface area (Å²) in [5, 5.41) is 0. The van der Waals surface area contributed by atoms with Gasteiger partial charge in [-0.3, -0.25) is 0 Å². The molecule has 1 nitrogen and oxygen atoms in total. The molecule has 172 valence electrons. The summed E-state index contributed by atoms with van der Waals surface area (Å²) in [5.41, 5.74) is 0. The molecular formula is C30H46O. The average molecular weight is 423 g/mol. The highest BCUT2D eigenvalue weighted by Gasteiger charge is 1.96. The minimum Gasteiger partial charge on any atom is -0.457 e. The molecular weight excluding hydrogens is 376 g/mol. The first-order chi connectivity index (χ1) is 15.3. The Morgan fingerprint density at radius 2 is 1.00 bits per heavy atom. The first-order valence-electron chi connectivity index (χ1n) is 12.3. The second-order valence-electron chi connectivity index (χ2n) is 7.56. The van der Waals surface area contributed by atoms with Gasteiger partial charge in [-0.05, 0) is 63.8 Å². The van der Waals surface area contributed by atoms with Crippen molar-refractivity contribution in [2.24, 2.45) is 0 Å². The van der Waals surface area contributed by atoms with Crippen molar-refractivity contribution in [1.82, 2.24) is 0 Å². The fourth-order valence-corrected chi connectivity index (χ4v) is 2.80. The van der Waals surface area contributed by atoms with Gasteiger partial charge in [-0.1, -0.05) is 113 Å². The smallest absolute Gasteiger partial charge is 0.127 e. The summed E-state index contributed by atoms with van der Waals surface area (Å²) in [6, 6.07) is 0. The van der Waals surface area contributed by atoms with Gasteiger partial charge in [-0.15, -0.1) is 0 Å². The van der Waals surface area contributed by atoms with Crippen molar-refractivity contribution in [2.45, 2.75) is 91.9 Å². The number of ether oxygens (including phenoxy) is 1. The second kappa shape index (κ2) is 24.0. The standard InChI is InChI=1S/C30H46O/c1-5-9-13-15-17-19-23-27-29(25-21-11-7-3)31-30(26-22-12-8-4)28-24-20-18-16-14-10-6-2/h7-8,11-12,19-28H,5-6,9-10,13-18H2,1-4H3. The lowest BCUT2D eigenvalue weighted by molar-refractivity contribution is 0.336. The van der Waals surface area contributed by atoms with E-state index in [4.69, 9.17) is 4.74 Å². The molecule has 0 aromatic heterocycles.